The summed E-state index contributed by atoms with van der Waals surface area (Å²) in [5.41, 5.74) is 1.59. The standard InChI is InChI=1S/C21H18ClN5O4S/c1-11-4-7-17(30-3)16(8-11)27-19(29)14-6-5-13(22)9-15(14)24-21(27)32-10-18(28)25-20-23-12(2)26-31-20/h4-9H,10H2,1-3H3,(H,23,25,26,28). The minimum atomic E-state index is -0.387. The molecule has 2 aromatic heterocycles. The molecule has 0 aliphatic carbocycles. The lowest BCUT2D eigenvalue weighted by Gasteiger charge is -2.16. The Bertz CT molecular complexity index is 1380. The van der Waals surface area contributed by atoms with Gasteiger partial charge in [-0.3, -0.25) is 19.5 Å². The van der Waals surface area contributed by atoms with Gasteiger partial charge < -0.3 is 9.26 Å². The zero-order valence-electron chi connectivity index (χ0n) is 17.4. The third kappa shape index (κ3) is 4.46. The largest absolute Gasteiger partial charge is 0.495 e. The topological polar surface area (TPSA) is 112 Å². The number of ether oxygens (including phenoxy) is 1. The fourth-order valence-corrected chi connectivity index (χ4v) is 4.03. The molecule has 1 N–H and O–H groups in total. The van der Waals surface area contributed by atoms with Crippen LogP contribution in [0.15, 0.2) is 50.9 Å². The highest BCUT2D eigenvalue weighted by Crippen LogP contribution is 2.29. The molecule has 9 nitrogen and oxygen atoms in total. The molecular formula is C21H18ClN5O4S. The lowest BCUT2D eigenvalue weighted by Crippen LogP contribution is -2.23. The molecule has 4 rings (SSSR count). The van der Waals surface area contributed by atoms with E-state index in [4.69, 9.17) is 20.9 Å². The lowest BCUT2D eigenvalue weighted by atomic mass is 10.2. The lowest BCUT2D eigenvalue weighted by molar-refractivity contribution is -0.114. The van der Waals surface area contributed by atoms with Crippen LogP contribution in [-0.2, 0) is 4.79 Å². The highest BCUT2D eigenvalue weighted by atomic mass is 35.5. The number of anilines is 1. The Morgan fingerprint density at radius 1 is 1.22 bits per heavy atom. The molecule has 0 saturated heterocycles. The van der Waals surface area contributed by atoms with E-state index in [-0.39, 0.29) is 23.2 Å². The molecule has 2 heterocycles. The number of carbonyl (C=O) groups excluding carboxylic acids is 1. The fraction of sp³-hybridized carbons (Fsp3) is 0.190. The van der Waals surface area contributed by atoms with Gasteiger partial charge in [-0.2, -0.15) is 4.98 Å². The second kappa shape index (κ2) is 9.01. The van der Waals surface area contributed by atoms with Gasteiger partial charge in [0.1, 0.15) is 5.75 Å². The quantitative estimate of drug-likeness (QED) is 0.334. The van der Waals surface area contributed by atoms with Gasteiger partial charge in [-0.15, -0.1) is 0 Å². The van der Waals surface area contributed by atoms with Crippen LogP contribution in [0.25, 0.3) is 16.6 Å². The van der Waals surface area contributed by atoms with Crippen molar-refractivity contribution in [2.24, 2.45) is 0 Å². The molecule has 32 heavy (non-hydrogen) atoms. The Kier molecular flexibility index (Phi) is 6.15. The Hall–Kier alpha value is -3.37. The number of carbonyl (C=O) groups is 1. The van der Waals surface area contributed by atoms with Gasteiger partial charge in [0.15, 0.2) is 11.0 Å². The highest BCUT2D eigenvalue weighted by Gasteiger charge is 2.19. The first kappa shape index (κ1) is 21.8. The third-order valence-electron chi connectivity index (χ3n) is 4.48. The predicted octanol–water partition coefficient (Wildman–Crippen LogP) is 3.78. The Morgan fingerprint density at radius 2 is 2.03 bits per heavy atom. The van der Waals surface area contributed by atoms with Gasteiger partial charge in [-0.05, 0) is 49.7 Å². The Labute approximate surface area is 191 Å². The maximum Gasteiger partial charge on any atom is 0.328 e. The Morgan fingerprint density at radius 3 is 2.75 bits per heavy atom. The number of hydrogen-bond acceptors (Lipinski definition) is 8. The number of nitrogens with zero attached hydrogens (tertiary/aromatic N) is 4. The van der Waals surface area contributed by atoms with Crippen LogP contribution < -0.4 is 15.6 Å². The number of thioether (sulfide) groups is 1. The van der Waals surface area contributed by atoms with E-state index in [1.54, 1.807) is 31.2 Å². The van der Waals surface area contributed by atoms with E-state index >= 15 is 0 Å². The average molecular weight is 472 g/mol. The molecule has 0 atom stereocenters. The van der Waals surface area contributed by atoms with Crippen LogP contribution in [0.3, 0.4) is 0 Å². The average Bonchev–Trinajstić information content (AvgIpc) is 3.16. The van der Waals surface area contributed by atoms with Crippen molar-refractivity contribution in [2.75, 3.05) is 18.2 Å². The van der Waals surface area contributed by atoms with Crippen LogP contribution in [-0.4, -0.2) is 38.5 Å². The summed E-state index contributed by atoms with van der Waals surface area (Å²) in [6.07, 6.45) is 0. The molecule has 0 spiro atoms. The van der Waals surface area contributed by atoms with Crippen molar-refractivity contribution in [3.63, 3.8) is 0 Å². The van der Waals surface area contributed by atoms with Crippen LogP contribution in [0.1, 0.15) is 11.4 Å². The summed E-state index contributed by atoms with van der Waals surface area (Å²) in [7, 11) is 1.53. The summed E-state index contributed by atoms with van der Waals surface area (Å²) in [5, 5.41) is 7.32. The monoisotopic (exact) mass is 471 g/mol. The summed E-state index contributed by atoms with van der Waals surface area (Å²) in [4.78, 5) is 34.4. The number of halogens is 1. The maximum atomic E-state index is 13.5. The summed E-state index contributed by atoms with van der Waals surface area (Å²) in [6.45, 7) is 3.56. The SMILES string of the molecule is COc1ccc(C)cc1-n1c(SCC(=O)Nc2nc(C)no2)nc2cc(Cl)ccc2c1=O. The molecule has 0 fully saturated rings. The maximum absolute atomic E-state index is 13.5. The van der Waals surface area contributed by atoms with Crippen LogP contribution in [0.5, 0.6) is 5.75 Å². The van der Waals surface area contributed by atoms with Crippen molar-refractivity contribution in [1.82, 2.24) is 19.7 Å². The van der Waals surface area contributed by atoms with E-state index in [1.807, 2.05) is 19.1 Å². The zero-order chi connectivity index (χ0) is 22.8. The molecule has 0 radical (unpaired) electrons. The van der Waals surface area contributed by atoms with Crippen molar-refractivity contribution in [2.45, 2.75) is 19.0 Å². The molecule has 0 saturated carbocycles. The number of aromatic nitrogens is 4. The Balaban J connectivity index is 1.78. The second-order valence-electron chi connectivity index (χ2n) is 6.86. The predicted molar refractivity (Wildman–Crippen MR) is 122 cm³/mol. The van der Waals surface area contributed by atoms with Crippen LogP contribution in [0.4, 0.5) is 6.01 Å². The van der Waals surface area contributed by atoms with Crippen molar-refractivity contribution < 1.29 is 14.1 Å². The smallest absolute Gasteiger partial charge is 0.328 e. The number of nitrogens with one attached hydrogen (secondary N) is 1. The fourth-order valence-electron chi connectivity index (χ4n) is 3.06. The van der Waals surface area contributed by atoms with Crippen molar-refractivity contribution >= 4 is 46.2 Å². The summed E-state index contributed by atoms with van der Waals surface area (Å²) in [5.74, 6) is 0.470. The number of benzene rings is 2. The van der Waals surface area contributed by atoms with Crippen LogP contribution in [0.2, 0.25) is 5.02 Å². The van der Waals surface area contributed by atoms with E-state index in [2.05, 4.69) is 20.4 Å². The molecule has 0 aliphatic heterocycles. The minimum absolute atomic E-state index is 0.00379. The molecule has 0 aliphatic rings. The molecule has 2 aromatic carbocycles. The van der Waals surface area contributed by atoms with Gasteiger partial charge in [-0.25, -0.2) is 4.98 Å². The normalized spacial score (nSPS) is 11.0. The minimum Gasteiger partial charge on any atom is -0.495 e. The van der Waals surface area contributed by atoms with E-state index in [0.717, 1.165) is 17.3 Å². The molecule has 164 valence electrons. The molecular weight excluding hydrogens is 454 g/mol. The zero-order valence-corrected chi connectivity index (χ0v) is 19.0. The van der Waals surface area contributed by atoms with E-state index < -0.39 is 0 Å². The van der Waals surface area contributed by atoms with Gasteiger partial charge in [-0.1, -0.05) is 34.6 Å². The summed E-state index contributed by atoms with van der Waals surface area (Å²) < 4.78 is 11.8. The van der Waals surface area contributed by atoms with Crippen molar-refractivity contribution in [3.8, 4) is 11.4 Å². The van der Waals surface area contributed by atoms with Crippen molar-refractivity contribution in [3.05, 3.63) is 63.2 Å². The van der Waals surface area contributed by atoms with Gasteiger partial charge in [0, 0.05) is 5.02 Å². The third-order valence-corrected chi connectivity index (χ3v) is 5.66. The summed E-state index contributed by atoms with van der Waals surface area (Å²) >= 11 is 7.19. The molecule has 11 heteroatoms. The highest BCUT2D eigenvalue weighted by molar-refractivity contribution is 7.99. The number of aryl methyl sites for hydroxylation is 2. The first-order chi connectivity index (χ1) is 15.4. The van der Waals surface area contributed by atoms with Gasteiger partial charge in [0.2, 0.25) is 5.91 Å². The number of amides is 1. The molecule has 0 unspecified atom stereocenters. The molecule has 4 aromatic rings. The first-order valence-corrected chi connectivity index (χ1v) is 10.8. The van der Waals surface area contributed by atoms with E-state index in [0.29, 0.717) is 38.3 Å². The van der Waals surface area contributed by atoms with Gasteiger partial charge >= 0.3 is 6.01 Å². The first-order valence-electron chi connectivity index (χ1n) is 9.46. The van der Waals surface area contributed by atoms with Crippen LogP contribution >= 0.6 is 23.4 Å². The van der Waals surface area contributed by atoms with Crippen molar-refractivity contribution in [1.29, 1.82) is 0 Å². The second-order valence-corrected chi connectivity index (χ2v) is 8.23. The number of rotatable bonds is 6. The molecule has 0 bridgehead atoms. The van der Waals surface area contributed by atoms with Gasteiger partial charge in [0.05, 0.1) is 29.5 Å². The van der Waals surface area contributed by atoms with Crippen LogP contribution in [0, 0.1) is 13.8 Å². The molecule has 1 amide bonds. The summed E-state index contributed by atoms with van der Waals surface area (Å²) in [6, 6.07) is 10.4. The number of hydrogen-bond donors (Lipinski definition) is 1. The van der Waals surface area contributed by atoms with Gasteiger partial charge in [0.25, 0.3) is 5.56 Å². The number of methoxy groups -OCH3 is 1. The van der Waals surface area contributed by atoms with E-state index in [9.17, 15) is 9.59 Å². The van der Waals surface area contributed by atoms with E-state index in [1.165, 1.54) is 11.7 Å². The number of fused-ring (bicyclic) bond motifs is 1.